The van der Waals surface area contributed by atoms with Gasteiger partial charge in [0.2, 0.25) is 0 Å². The van der Waals surface area contributed by atoms with E-state index in [-0.39, 0.29) is 18.4 Å². The summed E-state index contributed by atoms with van der Waals surface area (Å²) in [6, 6.07) is 7.84. The topological polar surface area (TPSA) is 71.3 Å². The number of amidine groups is 1. The van der Waals surface area contributed by atoms with Crippen molar-refractivity contribution >= 4 is 40.1 Å². The van der Waals surface area contributed by atoms with E-state index in [0.29, 0.717) is 11.4 Å². The van der Waals surface area contributed by atoms with Crippen molar-refractivity contribution in [2.24, 2.45) is 9.98 Å². The van der Waals surface area contributed by atoms with Crippen LogP contribution in [0.4, 0.5) is 5.00 Å². The Bertz CT molecular complexity index is 989. The number of hydrogen-bond acceptors (Lipinski definition) is 6. The van der Waals surface area contributed by atoms with Crippen LogP contribution < -0.4 is 4.90 Å². The van der Waals surface area contributed by atoms with E-state index < -0.39 is 0 Å². The van der Waals surface area contributed by atoms with E-state index in [1.165, 1.54) is 18.4 Å². The van der Waals surface area contributed by atoms with Gasteiger partial charge in [-0.3, -0.25) is 19.6 Å². The van der Waals surface area contributed by atoms with Gasteiger partial charge in [-0.25, -0.2) is 0 Å². The van der Waals surface area contributed by atoms with Gasteiger partial charge in [0.15, 0.2) is 6.29 Å². The highest BCUT2D eigenvalue weighted by molar-refractivity contribution is 7.18. The van der Waals surface area contributed by atoms with Crippen molar-refractivity contribution in [3.8, 4) is 0 Å². The molecule has 152 valence electrons. The van der Waals surface area contributed by atoms with Crippen molar-refractivity contribution in [3.63, 3.8) is 0 Å². The number of thiophene rings is 1. The summed E-state index contributed by atoms with van der Waals surface area (Å²) in [6.45, 7) is 6.39. The number of aliphatic imine (C=N–C) groups is 2. The smallest absolute Gasteiger partial charge is 0.307 e. The van der Waals surface area contributed by atoms with Crippen LogP contribution >= 0.6 is 11.3 Å². The van der Waals surface area contributed by atoms with E-state index in [1.54, 1.807) is 7.05 Å². The van der Waals surface area contributed by atoms with E-state index in [1.807, 2.05) is 45.0 Å². The Morgan fingerprint density at radius 1 is 1.34 bits per heavy atom. The summed E-state index contributed by atoms with van der Waals surface area (Å²) in [5, 5.41) is 0.930. The molecule has 0 bridgehead atoms. The number of methoxy groups -OCH3 is 1. The monoisotopic (exact) mass is 411 g/mol. The third kappa shape index (κ3) is 4.15. The SMILES string of the molecule is CN=C(C)N1CC(CC(=O)OC)N=C(c2ccc(C)cc2)c2c1sc(C=O)c2C. The number of anilines is 1. The lowest BCUT2D eigenvalue weighted by Crippen LogP contribution is -2.35. The minimum absolute atomic E-state index is 0.174. The first-order valence-corrected chi connectivity index (χ1v) is 10.2. The zero-order chi connectivity index (χ0) is 21.1. The van der Waals surface area contributed by atoms with Crippen LogP contribution in [0.1, 0.15) is 45.3 Å². The molecule has 0 spiro atoms. The fourth-order valence-electron chi connectivity index (χ4n) is 3.39. The zero-order valence-electron chi connectivity index (χ0n) is 17.4. The summed E-state index contributed by atoms with van der Waals surface area (Å²) in [6.07, 6.45) is 1.07. The maximum absolute atomic E-state index is 12.0. The maximum Gasteiger partial charge on any atom is 0.307 e. The van der Waals surface area contributed by atoms with Crippen LogP contribution in [0.15, 0.2) is 34.3 Å². The van der Waals surface area contributed by atoms with Crippen LogP contribution in [0.25, 0.3) is 0 Å². The molecule has 0 fully saturated rings. The average molecular weight is 412 g/mol. The number of hydrogen-bond donors (Lipinski definition) is 0. The number of fused-ring (bicyclic) bond motifs is 1. The summed E-state index contributed by atoms with van der Waals surface area (Å²) >= 11 is 1.44. The molecule has 2 heterocycles. The van der Waals surface area contributed by atoms with Crippen LogP contribution in [-0.2, 0) is 9.53 Å². The number of esters is 1. The molecule has 1 aliphatic rings. The Labute approximate surface area is 174 Å². The van der Waals surface area contributed by atoms with Crippen LogP contribution in [0.3, 0.4) is 0 Å². The third-order valence-corrected chi connectivity index (χ3v) is 6.37. The van der Waals surface area contributed by atoms with Crippen LogP contribution in [0.5, 0.6) is 0 Å². The van der Waals surface area contributed by atoms with Crippen molar-refractivity contribution in [3.05, 3.63) is 51.4 Å². The molecule has 1 aliphatic heterocycles. The fraction of sp³-hybridized carbons (Fsp3) is 0.364. The highest BCUT2D eigenvalue weighted by Gasteiger charge is 2.31. The minimum Gasteiger partial charge on any atom is -0.469 e. The molecule has 0 saturated carbocycles. The standard InChI is InChI=1S/C22H25N3O3S/c1-13-6-8-16(9-7-13)21-20-14(2)18(12-26)29-22(20)25(15(3)23-4)11-17(24-21)10-19(27)28-5/h6-9,12,17H,10-11H2,1-5H3. The number of aryl methyl sites for hydroxylation is 1. The number of aldehydes is 1. The van der Waals surface area contributed by atoms with Gasteiger partial charge in [-0.1, -0.05) is 29.8 Å². The third-order valence-electron chi connectivity index (χ3n) is 5.13. The van der Waals surface area contributed by atoms with Gasteiger partial charge >= 0.3 is 5.97 Å². The molecular formula is C22H25N3O3S. The zero-order valence-corrected chi connectivity index (χ0v) is 18.2. The second-order valence-electron chi connectivity index (χ2n) is 7.05. The summed E-state index contributed by atoms with van der Waals surface area (Å²) < 4.78 is 4.89. The molecule has 1 aromatic carbocycles. The predicted molar refractivity (Wildman–Crippen MR) is 118 cm³/mol. The lowest BCUT2D eigenvalue weighted by molar-refractivity contribution is -0.140. The van der Waals surface area contributed by atoms with Gasteiger partial charge in [0, 0.05) is 24.7 Å². The van der Waals surface area contributed by atoms with Gasteiger partial charge in [-0.2, -0.15) is 0 Å². The molecule has 0 N–H and O–H groups in total. The number of benzene rings is 1. The van der Waals surface area contributed by atoms with E-state index in [0.717, 1.165) is 45.1 Å². The Morgan fingerprint density at radius 2 is 2.03 bits per heavy atom. The molecule has 6 nitrogen and oxygen atoms in total. The molecule has 7 heteroatoms. The maximum atomic E-state index is 12.0. The summed E-state index contributed by atoms with van der Waals surface area (Å²) in [5.41, 5.74) is 4.73. The average Bonchev–Trinajstić information content (AvgIpc) is 2.96. The molecule has 0 amide bonds. The quantitative estimate of drug-likeness (QED) is 0.332. The number of rotatable bonds is 4. The predicted octanol–water partition coefficient (Wildman–Crippen LogP) is 3.81. The highest BCUT2D eigenvalue weighted by Crippen LogP contribution is 2.39. The lowest BCUT2D eigenvalue weighted by Gasteiger charge is -2.24. The second-order valence-corrected chi connectivity index (χ2v) is 8.08. The first-order valence-electron chi connectivity index (χ1n) is 9.41. The Balaban J connectivity index is 2.25. The molecule has 0 radical (unpaired) electrons. The first kappa shape index (κ1) is 20.9. The van der Waals surface area contributed by atoms with Crippen molar-refractivity contribution < 1.29 is 14.3 Å². The van der Waals surface area contributed by atoms with Gasteiger partial charge < -0.3 is 9.64 Å². The van der Waals surface area contributed by atoms with E-state index >= 15 is 0 Å². The van der Waals surface area contributed by atoms with E-state index in [2.05, 4.69) is 9.89 Å². The van der Waals surface area contributed by atoms with Gasteiger partial charge in [0.05, 0.1) is 30.2 Å². The Morgan fingerprint density at radius 3 is 2.62 bits per heavy atom. The number of nitrogens with zero attached hydrogens (tertiary/aromatic N) is 3. The van der Waals surface area contributed by atoms with E-state index in [9.17, 15) is 9.59 Å². The number of carbonyl (C=O) groups is 2. The first-order chi connectivity index (χ1) is 13.9. The molecule has 0 saturated heterocycles. The normalized spacial score (nSPS) is 16.7. The minimum atomic E-state index is -0.302. The Kier molecular flexibility index (Phi) is 6.27. The van der Waals surface area contributed by atoms with Crippen LogP contribution in [-0.4, -0.2) is 50.5 Å². The van der Waals surface area contributed by atoms with Gasteiger partial charge in [0.25, 0.3) is 0 Å². The molecule has 0 aliphatic carbocycles. The molecule has 1 atom stereocenters. The molecule has 1 aromatic heterocycles. The summed E-state index contributed by atoms with van der Waals surface area (Å²) in [7, 11) is 3.12. The van der Waals surface area contributed by atoms with Gasteiger partial charge in [-0.05, 0) is 26.3 Å². The molecular weight excluding hydrogens is 386 g/mol. The summed E-state index contributed by atoms with van der Waals surface area (Å²) in [4.78, 5) is 35.8. The van der Waals surface area contributed by atoms with Gasteiger partial charge in [-0.15, -0.1) is 11.3 Å². The molecule has 3 rings (SSSR count). The second kappa shape index (κ2) is 8.69. The van der Waals surface area contributed by atoms with Crippen molar-refractivity contribution in [1.82, 2.24) is 0 Å². The van der Waals surface area contributed by atoms with Crippen molar-refractivity contribution in [2.75, 3.05) is 25.6 Å². The Hall–Kier alpha value is -2.80. The van der Waals surface area contributed by atoms with Crippen LogP contribution in [0, 0.1) is 13.8 Å². The molecule has 2 aromatic rings. The number of ether oxygens (including phenoxy) is 1. The summed E-state index contributed by atoms with van der Waals surface area (Å²) in [5.74, 6) is 0.503. The van der Waals surface area contributed by atoms with Crippen molar-refractivity contribution in [2.45, 2.75) is 33.2 Å². The van der Waals surface area contributed by atoms with Crippen LogP contribution in [0.2, 0.25) is 0 Å². The van der Waals surface area contributed by atoms with Gasteiger partial charge in [0.1, 0.15) is 10.8 Å². The highest BCUT2D eigenvalue weighted by atomic mass is 32.1. The van der Waals surface area contributed by atoms with Crippen molar-refractivity contribution in [1.29, 1.82) is 0 Å². The van der Waals surface area contributed by atoms with E-state index in [4.69, 9.17) is 9.73 Å². The lowest BCUT2D eigenvalue weighted by atomic mass is 9.99. The largest absolute Gasteiger partial charge is 0.469 e. The fourth-order valence-corrected chi connectivity index (χ4v) is 4.57. The molecule has 1 unspecified atom stereocenters. The molecule has 29 heavy (non-hydrogen) atoms. The number of carbonyl (C=O) groups excluding carboxylic acids is 2.